The Kier molecular flexibility index (Phi) is 4.62. The molecule has 1 aromatic heterocycles. The van der Waals surface area contributed by atoms with Crippen LogP contribution in [0.5, 0.6) is 0 Å². The molecular weight excluding hydrogens is 320 g/mol. The van der Waals surface area contributed by atoms with Crippen LogP contribution in [0.3, 0.4) is 0 Å². The molecule has 0 spiro atoms. The molecule has 0 aliphatic carbocycles. The van der Waals surface area contributed by atoms with E-state index < -0.39 is 10.8 Å². The highest BCUT2D eigenvalue weighted by Gasteiger charge is 2.12. The van der Waals surface area contributed by atoms with Crippen molar-refractivity contribution in [3.8, 4) is 11.5 Å². The average molecular weight is 333 g/mol. The monoisotopic (exact) mass is 333 g/mol. The molecule has 0 unspecified atom stereocenters. The lowest BCUT2D eigenvalue weighted by Crippen LogP contribution is -2.01. The van der Waals surface area contributed by atoms with Crippen LogP contribution in [0, 0.1) is 11.6 Å². The van der Waals surface area contributed by atoms with Crippen molar-refractivity contribution in [1.29, 1.82) is 0 Å². The number of oxazole rings is 1. The van der Waals surface area contributed by atoms with E-state index in [4.69, 9.17) is 4.42 Å². The van der Waals surface area contributed by atoms with Crippen molar-refractivity contribution in [3.05, 3.63) is 77.7 Å². The van der Waals surface area contributed by atoms with Gasteiger partial charge in [0.15, 0.2) is 0 Å². The van der Waals surface area contributed by atoms with Gasteiger partial charge in [-0.2, -0.15) is 0 Å². The third-order valence-corrected chi connectivity index (χ3v) is 4.48. The predicted octanol–water partition coefficient (Wildman–Crippen LogP) is 4.07. The molecule has 23 heavy (non-hydrogen) atoms. The van der Waals surface area contributed by atoms with E-state index in [1.165, 1.54) is 24.5 Å². The first-order chi connectivity index (χ1) is 11.1. The molecule has 0 saturated heterocycles. The second-order valence-corrected chi connectivity index (χ2v) is 6.43. The SMILES string of the molecule is O=[S@](Cc1coc(-c2ccc(F)cc2)n1)Cc1ccccc1F. The summed E-state index contributed by atoms with van der Waals surface area (Å²) in [5.41, 5.74) is 1.56. The number of nitrogens with zero attached hydrogens (tertiary/aromatic N) is 1. The van der Waals surface area contributed by atoms with E-state index in [0.717, 1.165) is 0 Å². The van der Waals surface area contributed by atoms with E-state index in [-0.39, 0.29) is 23.1 Å². The number of halogens is 2. The van der Waals surface area contributed by atoms with Gasteiger partial charge in [0.1, 0.15) is 17.9 Å². The van der Waals surface area contributed by atoms with Crippen molar-refractivity contribution < 1.29 is 17.4 Å². The lowest BCUT2D eigenvalue weighted by atomic mass is 10.2. The largest absolute Gasteiger partial charge is 0.444 e. The van der Waals surface area contributed by atoms with E-state index in [9.17, 15) is 13.0 Å². The molecule has 6 heteroatoms. The molecule has 3 aromatic rings. The molecule has 0 aliphatic rings. The minimum absolute atomic E-state index is 0.116. The Morgan fingerprint density at radius 1 is 1.00 bits per heavy atom. The first kappa shape index (κ1) is 15.6. The van der Waals surface area contributed by atoms with Gasteiger partial charge >= 0.3 is 0 Å². The minimum Gasteiger partial charge on any atom is -0.444 e. The summed E-state index contributed by atoms with van der Waals surface area (Å²) < 4.78 is 43.9. The fourth-order valence-corrected chi connectivity index (χ4v) is 3.25. The second kappa shape index (κ2) is 6.83. The predicted molar refractivity (Wildman–Crippen MR) is 83.8 cm³/mol. The summed E-state index contributed by atoms with van der Waals surface area (Å²) in [6.07, 6.45) is 1.41. The summed E-state index contributed by atoms with van der Waals surface area (Å²) in [6, 6.07) is 12.0. The van der Waals surface area contributed by atoms with Crippen molar-refractivity contribution >= 4 is 10.8 Å². The van der Waals surface area contributed by atoms with Gasteiger partial charge in [0.05, 0.1) is 17.2 Å². The third-order valence-electron chi connectivity index (χ3n) is 3.23. The van der Waals surface area contributed by atoms with Crippen molar-refractivity contribution in [3.63, 3.8) is 0 Å². The van der Waals surface area contributed by atoms with Gasteiger partial charge in [-0.25, -0.2) is 13.8 Å². The van der Waals surface area contributed by atoms with Gasteiger partial charge in [0, 0.05) is 21.9 Å². The first-order valence-corrected chi connectivity index (χ1v) is 8.39. The molecule has 0 bridgehead atoms. The van der Waals surface area contributed by atoms with Crippen LogP contribution in [-0.4, -0.2) is 9.19 Å². The van der Waals surface area contributed by atoms with Crippen LogP contribution in [0.4, 0.5) is 8.78 Å². The topological polar surface area (TPSA) is 43.1 Å². The van der Waals surface area contributed by atoms with Gasteiger partial charge in [-0.15, -0.1) is 0 Å². The summed E-state index contributed by atoms with van der Waals surface area (Å²) in [6.45, 7) is 0. The van der Waals surface area contributed by atoms with Crippen molar-refractivity contribution in [2.75, 3.05) is 0 Å². The van der Waals surface area contributed by atoms with E-state index in [1.54, 1.807) is 30.3 Å². The molecule has 0 N–H and O–H groups in total. The van der Waals surface area contributed by atoms with Gasteiger partial charge in [-0.05, 0) is 30.3 Å². The Balaban J connectivity index is 1.68. The van der Waals surface area contributed by atoms with Gasteiger partial charge in [0.2, 0.25) is 5.89 Å². The zero-order valence-corrected chi connectivity index (χ0v) is 12.9. The number of aromatic nitrogens is 1. The first-order valence-electron chi connectivity index (χ1n) is 6.90. The van der Waals surface area contributed by atoms with Crippen LogP contribution >= 0.6 is 0 Å². The van der Waals surface area contributed by atoms with Crippen molar-refractivity contribution in [2.24, 2.45) is 0 Å². The molecule has 3 rings (SSSR count). The Labute approximate surface area is 134 Å². The van der Waals surface area contributed by atoms with Crippen LogP contribution in [0.2, 0.25) is 0 Å². The van der Waals surface area contributed by atoms with Crippen LogP contribution in [0.1, 0.15) is 11.3 Å². The van der Waals surface area contributed by atoms with Gasteiger partial charge in [-0.1, -0.05) is 18.2 Å². The van der Waals surface area contributed by atoms with E-state index in [2.05, 4.69) is 4.98 Å². The molecule has 0 fully saturated rings. The highest BCUT2D eigenvalue weighted by atomic mass is 32.2. The highest BCUT2D eigenvalue weighted by Crippen LogP contribution is 2.20. The van der Waals surface area contributed by atoms with Crippen LogP contribution in [0.15, 0.2) is 59.2 Å². The van der Waals surface area contributed by atoms with E-state index in [0.29, 0.717) is 22.7 Å². The Morgan fingerprint density at radius 3 is 2.48 bits per heavy atom. The normalized spacial score (nSPS) is 12.3. The lowest BCUT2D eigenvalue weighted by molar-refractivity contribution is 0.572. The molecule has 1 atom stereocenters. The van der Waals surface area contributed by atoms with Gasteiger partial charge in [-0.3, -0.25) is 4.21 Å². The summed E-state index contributed by atoms with van der Waals surface area (Å²) >= 11 is 0. The number of rotatable bonds is 5. The molecule has 1 heterocycles. The summed E-state index contributed by atoms with van der Waals surface area (Å²) in [5, 5.41) is 0. The summed E-state index contributed by atoms with van der Waals surface area (Å²) in [7, 11) is -1.30. The number of hydrogen-bond donors (Lipinski definition) is 0. The minimum atomic E-state index is -1.30. The fourth-order valence-electron chi connectivity index (χ4n) is 2.10. The fraction of sp³-hybridized carbons (Fsp3) is 0.118. The number of hydrogen-bond acceptors (Lipinski definition) is 3. The molecular formula is C17H13F2NO2S. The smallest absolute Gasteiger partial charge is 0.226 e. The lowest BCUT2D eigenvalue weighted by Gasteiger charge is -2.01. The van der Waals surface area contributed by atoms with Crippen LogP contribution < -0.4 is 0 Å². The van der Waals surface area contributed by atoms with Crippen molar-refractivity contribution in [1.82, 2.24) is 4.98 Å². The van der Waals surface area contributed by atoms with E-state index in [1.807, 2.05) is 0 Å². The summed E-state index contributed by atoms with van der Waals surface area (Å²) in [4.78, 5) is 4.24. The molecule has 3 nitrogen and oxygen atoms in total. The van der Waals surface area contributed by atoms with Crippen molar-refractivity contribution in [2.45, 2.75) is 11.5 Å². The molecule has 0 saturated carbocycles. The summed E-state index contributed by atoms with van der Waals surface area (Å²) in [5.74, 6) is -0.0906. The average Bonchev–Trinajstić information content (AvgIpc) is 2.98. The van der Waals surface area contributed by atoms with Crippen LogP contribution in [-0.2, 0) is 22.3 Å². The zero-order chi connectivity index (χ0) is 16.2. The maximum Gasteiger partial charge on any atom is 0.226 e. The Hall–Kier alpha value is -2.34. The molecule has 0 aliphatic heterocycles. The maximum atomic E-state index is 13.5. The molecule has 2 aromatic carbocycles. The number of benzene rings is 2. The van der Waals surface area contributed by atoms with Crippen LogP contribution in [0.25, 0.3) is 11.5 Å². The van der Waals surface area contributed by atoms with Gasteiger partial charge < -0.3 is 4.42 Å². The molecule has 118 valence electrons. The second-order valence-electron chi connectivity index (χ2n) is 4.97. The maximum absolute atomic E-state index is 13.5. The Bertz CT molecular complexity index is 831. The van der Waals surface area contributed by atoms with Gasteiger partial charge in [0.25, 0.3) is 0 Å². The quantitative estimate of drug-likeness (QED) is 0.707. The molecule has 0 radical (unpaired) electrons. The standard InChI is InChI=1S/C17H13F2NO2S/c18-14-7-5-12(6-8-14)17-20-15(9-22-17)11-23(21)10-13-3-1-2-4-16(13)19/h1-9H,10-11H2/t23-/m0/s1. The molecule has 0 amide bonds. The van der Waals surface area contributed by atoms with E-state index >= 15 is 0 Å². The third kappa shape index (κ3) is 3.90. The zero-order valence-electron chi connectivity index (χ0n) is 12.0. The Morgan fingerprint density at radius 2 is 1.74 bits per heavy atom. The highest BCUT2D eigenvalue weighted by molar-refractivity contribution is 7.83.